The topological polar surface area (TPSA) is 108 Å². The lowest BCUT2D eigenvalue weighted by molar-refractivity contribution is -0.118. The monoisotopic (exact) mass is 475 g/mol. The number of aromatic nitrogens is 3. The number of hydrogen-bond donors (Lipinski definition) is 1. The predicted molar refractivity (Wildman–Crippen MR) is 140 cm³/mol. The van der Waals surface area contributed by atoms with Crippen molar-refractivity contribution in [3.63, 3.8) is 0 Å². The van der Waals surface area contributed by atoms with Crippen LogP contribution in [0.5, 0.6) is 0 Å². The molecule has 6 rings (SSSR count). The van der Waals surface area contributed by atoms with Gasteiger partial charge in [0.25, 0.3) is 5.56 Å². The van der Waals surface area contributed by atoms with Gasteiger partial charge in [0, 0.05) is 27.5 Å². The number of benzene rings is 3. The highest BCUT2D eigenvalue weighted by Crippen LogP contribution is 2.28. The van der Waals surface area contributed by atoms with Crippen molar-refractivity contribution in [3.8, 4) is 11.6 Å². The van der Waals surface area contributed by atoms with Crippen LogP contribution in [0.3, 0.4) is 0 Å². The van der Waals surface area contributed by atoms with Crippen LogP contribution in [0.1, 0.15) is 11.3 Å². The van der Waals surface area contributed by atoms with Gasteiger partial charge in [0.15, 0.2) is 5.76 Å². The Morgan fingerprint density at radius 1 is 1.03 bits per heavy atom. The Morgan fingerprint density at radius 2 is 1.75 bits per heavy atom. The van der Waals surface area contributed by atoms with Gasteiger partial charge in [-0.25, -0.2) is 4.98 Å². The van der Waals surface area contributed by atoms with Gasteiger partial charge in [0.1, 0.15) is 12.1 Å². The third kappa shape index (κ3) is 3.47. The van der Waals surface area contributed by atoms with Crippen molar-refractivity contribution in [1.82, 2.24) is 14.2 Å². The molecule has 0 aliphatic carbocycles. The minimum atomic E-state index is -0.440. The second-order valence-corrected chi connectivity index (χ2v) is 8.53. The molecule has 0 aliphatic rings. The van der Waals surface area contributed by atoms with Crippen molar-refractivity contribution >= 4 is 44.9 Å². The van der Waals surface area contributed by atoms with E-state index in [-0.39, 0.29) is 12.1 Å². The maximum absolute atomic E-state index is 13.6. The van der Waals surface area contributed by atoms with Crippen molar-refractivity contribution in [2.45, 2.75) is 13.5 Å². The van der Waals surface area contributed by atoms with Crippen LogP contribution in [-0.2, 0) is 11.3 Å². The van der Waals surface area contributed by atoms with Crippen molar-refractivity contribution in [1.29, 1.82) is 0 Å². The van der Waals surface area contributed by atoms with Gasteiger partial charge in [-0.2, -0.15) is 9.78 Å². The Hall–Kier alpha value is -4.98. The fraction of sp³-hybridized carbons (Fsp3) is 0.0714. The molecule has 0 saturated carbocycles. The average molecular weight is 476 g/mol. The number of nitrogens with two attached hydrogens (primary N) is 1. The van der Waals surface area contributed by atoms with Gasteiger partial charge in [-0.15, -0.1) is 0 Å². The lowest BCUT2D eigenvalue weighted by Crippen LogP contribution is -2.20. The highest BCUT2D eigenvalue weighted by atomic mass is 16.3. The lowest BCUT2D eigenvalue weighted by Gasteiger charge is -2.07. The first kappa shape index (κ1) is 21.5. The number of para-hydroxylation sites is 3. The molecule has 0 fully saturated rings. The van der Waals surface area contributed by atoms with Crippen LogP contribution in [0.25, 0.3) is 44.4 Å². The first-order valence-corrected chi connectivity index (χ1v) is 11.4. The van der Waals surface area contributed by atoms with Crippen molar-refractivity contribution in [2.24, 2.45) is 10.8 Å². The highest BCUT2D eigenvalue weighted by molar-refractivity contribution is 6.01. The summed E-state index contributed by atoms with van der Waals surface area (Å²) in [6, 6.07) is 24.3. The van der Waals surface area contributed by atoms with E-state index < -0.39 is 5.91 Å². The van der Waals surface area contributed by atoms with Crippen LogP contribution in [-0.4, -0.2) is 26.3 Å². The third-order valence-electron chi connectivity index (χ3n) is 6.30. The Kier molecular flexibility index (Phi) is 5.00. The van der Waals surface area contributed by atoms with Crippen LogP contribution < -0.4 is 11.3 Å². The second-order valence-electron chi connectivity index (χ2n) is 8.53. The number of fused-ring (bicyclic) bond motifs is 3. The number of nitrogens with zero attached hydrogens (tertiary/aromatic N) is 4. The van der Waals surface area contributed by atoms with Gasteiger partial charge >= 0.3 is 0 Å². The van der Waals surface area contributed by atoms with E-state index in [0.717, 1.165) is 27.5 Å². The number of carbonyl (C=O) groups is 1. The van der Waals surface area contributed by atoms with Crippen LogP contribution in [0, 0.1) is 6.92 Å². The Bertz CT molecular complexity index is 1860. The predicted octanol–water partition coefficient (Wildman–Crippen LogP) is 4.44. The van der Waals surface area contributed by atoms with Crippen molar-refractivity contribution in [3.05, 3.63) is 100 Å². The Morgan fingerprint density at radius 3 is 2.56 bits per heavy atom. The van der Waals surface area contributed by atoms with Gasteiger partial charge < -0.3 is 14.7 Å². The smallest absolute Gasteiger partial charge is 0.282 e. The zero-order chi connectivity index (χ0) is 24.8. The maximum atomic E-state index is 13.6. The van der Waals surface area contributed by atoms with Gasteiger partial charge in [-0.05, 0) is 37.3 Å². The summed E-state index contributed by atoms with van der Waals surface area (Å²) in [7, 11) is 0. The van der Waals surface area contributed by atoms with Crippen molar-refractivity contribution < 1.29 is 9.21 Å². The van der Waals surface area contributed by atoms with Gasteiger partial charge in [0.2, 0.25) is 11.7 Å². The van der Waals surface area contributed by atoms with E-state index in [2.05, 4.69) is 5.10 Å². The van der Waals surface area contributed by atoms with E-state index in [9.17, 15) is 9.59 Å². The SMILES string of the molecule is Cc1c(C=Nn2c(-c3cc4ccccc4o3)nc3ccccc3c2=O)c2ccccc2n1CC(N)=O. The number of amides is 1. The zero-order valence-corrected chi connectivity index (χ0v) is 19.4. The molecule has 6 aromatic rings. The van der Waals surface area contributed by atoms with Crippen LogP contribution in [0.15, 0.2) is 93.2 Å². The first-order chi connectivity index (χ1) is 17.5. The van der Waals surface area contributed by atoms with E-state index in [1.54, 1.807) is 24.4 Å². The zero-order valence-electron chi connectivity index (χ0n) is 19.4. The maximum Gasteiger partial charge on any atom is 0.282 e. The first-order valence-electron chi connectivity index (χ1n) is 11.4. The van der Waals surface area contributed by atoms with E-state index in [4.69, 9.17) is 15.1 Å². The molecule has 1 amide bonds. The average Bonchev–Trinajstić information content (AvgIpc) is 3.43. The molecule has 3 aromatic carbocycles. The molecule has 0 saturated heterocycles. The van der Waals surface area contributed by atoms with Crippen LogP contribution >= 0.6 is 0 Å². The molecule has 8 nitrogen and oxygen atoms in total. The summed E-state index contributed by atoms with van der Waals surface area (Å²) in [6.45, 7) is 1.94. The van der Waals surface area contributed by atoms with Crippen LogP contribution in [0.4, 0.5) is 0 Å². The summed E-state index contributed by atoms with van der Waals surface area (Å²) >= 11 is 0. The molecule has 0 unspecified atom stereocenters. The quantitative estimate of drug-likeness (QED) is 0.372. The Balaban J connectivity index is 1.58. The molecule has 3 heterocycles. The molecule has 3 aromatic heterocycles. The summed E-state index contributed by atoms with van der Waals surface area (Å²) in [4.78, 5) is 30.0. The minimum Gasteiger partial charge on any atom is -0.453 e. The molecule has 176 valence electrons. The van der Waals surface area contributed by atoms with E-state index in [1.165, 1.54) is 4.68 Å². The van der Waals surface area contributed by atoms with Gasteiger partial charge in [-0.1, -0.05) is 48.5 Å². The fourth-order valence-electron chi connectivity index (χ4n) is 4.58. The number of rotatable bonds is 5. The Labute approximate surface area is 204 Å². The molecule has 0 radical (unpaired) electrons. The molecular weight excluding hydrogens is 454 g/mol. The van der Waals surface area contributed by atoms with Crippen molar-refractivity contribution in [2.75, 3.05) is 0 Å². The molecule has 8 heteroatoms. The molecule has 36 heavy (non-hydrogen) atoms. The minimum absolute atomic E-state index is 0.0436. The summed E-state index contributed by atoms with van der Waals surface area (Å²) in [5.74, 6) is 0.290. The highest BCUT2D eigenvalue weighted by Gasteiger charge is 2.18. The number of hydrogen-bond acceptors (Lipinski definition) is 5. The summed E-state index contributed by atoms with van der Waals surface area (Å²) in [5, 5.41) is 6.84. The summed E-state index contributed by atoms with van der Waals surface area (Å²) in [6.07, 6.45) is 1.62. The largest absolute Gasteiger partial charge is 0.453 e. The fourth-order valence-corrected chi connectivity index (χ4v) is 4.58. The molecule has 0 spiro atoms. The standard InChI is InChI=1S/C28H21N5O3/c1-17-21(19-9-4-6-12-23(19)32(17)16-26(29)34)15-30-33-27(25-14-18-8-2-7-13-24(18)36-25)31-22-11-5-3-10-20(22)28(33)35/h2-15H,16H2,1H3,(H2,29,34). The van der Waals surface area contributed by atoms with E-state index in [1.807, 2.05) is 72.2 Å². The van der Waals surface area contributed by atoms with Gasteiger partial charge in [-0.3, -0.25) is 9.59 Å². The molecule has 0 aliphatic heterocycles. The molecular formula is C28H21N5O3. The summed E-state index contributed by atoms with van der Waals surface area (Å²) < 4.78 is 9.15. The molecule has 0 bridgehead atoms. The number of primary amides is 1. The third-order valence-corrected chi connectivity index (χ3v) is 6.30. The normalized spacial score (nSPS) is 11.8. The summed E-state index contributed by atoms with van der Waals surface area (Å²) in [5.41, 5.74) is 8.87. The second kappa shape index (κ2) is 8.35. The van der Waals surface area contributed by atoms with Crippen LogP contribution in [0.2, 0.25) is 0 Å². The lowest BCUT2D eigenvalue weighted by atomic mass is 10.1. The molecule has 2 N–H and O–H groups in total. The molecule has 0 atom stereocenters. The number of furan rings is 1. The van der Waals surface area contributed by atoms with Gasteiger partial charge in [0.05, 0.1) is 17.1 Å². The number of carbonyl (C=O) groups excluding carboxylic acids is 1. The van der Waals surface area contributed by atoms with E-state index >= 15 is 0 Å². The van der Waals surface area contributed by atoms with E-state index in [0.29, 0.717) is 28.1 Å².